The Morgan fingerprint density at radius 1 is 1.00 bits per heavy atom. The van der Waals surface area contributed by atoms with Crippen molar-refractivity contribution in [2.24, 2.45) is 0 Å². The summed E-state index contributed by atoms with van der Waals surface area (Å²) in [5.74, 6) is -9.61. The minimum absolute atomic E-state index is 0.297. The van der Waals surface area contributed by atoms with Crippen LogP contribution in [0.25, 0.3) is 0 Å². The molecule has 0 amide bonds. The quantitative estimate of drug-likeness (QED) is 0.299. The SMILES string of the molecule is COC(O)(C(=O)O)C(O)(C(=O)O)C(=O)c1ccccc1. The van der Waals surface area contributed by atoms with Crippen LogP contribution in [-0.2, 0) is 14.3 Å². The van der Waals surface area contributed by atoms with Gasteiger partial charge in [-0.1, -0.05) is 30.3 Å². The molecule has 8 nitrogen and oxygen atoms in total. The van der Waals surface area contributed by atoms with Crippen LogP contribution in [0, 0.1) is 0 Å². The van der Waals surface area contributed by atoms with Gasteiger partial charge in [0.05, 0.1) is 0 Å². The summed E-state index contributed by atoms with van der Waals surface area (Å²) in [5.41, 5.74) is -4.00. The van der Waals surface area contributed by atoms with Crippen LogP contribution in [0.4, 0.5) is 0 Å². The number of carboxylic acids is 2. The molecule has 0 aliphatic carbocycles. The standard InChI is InChI=1S/C12H12O8/c1-20-12(19,10(16)17)11(18,9(14)15)8(13)7-5-3-2-4-6-7/h2-6,18-19H,1H3,(H,14,15)(H,16,17). The Bertz CT molecular complexity index is 540. The summed E-state index contributed by atoms with van der Waals surface area (Å²) in [5, 5.41) is 37.6. The number of carboxylic acid groups (broad SMARTS) is 2. The van der Waals surface area contributed by atoms with Gasteiger partial charge in [0.25, 0.3) is 5.60 Å². The number of aliphatic hydroxyl groups is 2. The Labute approximate surface area is 112 Å². The Hall–Kier alpha value is -2.29. The lowest BCUT2D eigenvalue weighted by Gasteiger charge is -2.33. The Balaban J connectivity index is 3.48. The summed E-state index contributed by atoms with van der Waals surface area (Å²) >= 11 is 0. The lowest BCUT2D eigenvalue weighted by Crippen LogP contribution is -2.68. The molecule has 0 radical (unpaired) electrons. The van der Waals surface area contributed by atoms with Gasteiger partial charge in [-0.3, -0.25) is 4.79 Å². The molecule has 0 saturated heterocycles. The molecule has 0 heterocycles. The van der Waals surface area contributed by atoms with Crippen molar-refractivity contribution in [3.63, 3.8) is 0 Å². The molecule has 0 aliphatic heterocycles. The zero-order valence-corrected chi connectivity index (χ0v) is 10.3. The number of ether oxygens (including phenoxy) is 1. The number of benzene rings is 1. The molecule has 2 atom stereocenters. The summed E-state index contributed by atoms with van der Waals surface area (Å²) in [6, 6.07) is 6.60. The highest BCUT2D eigenvalue weighted by molar-refractivity contribution is 6.18. The number of ketones is 1. The van der Waals surface area contributed by atoms with Gasteiger partial charge in [0, 0.05) is 12.7 Å². The van der Waals surface area contributed by atoms with E-state index in [2.05, 4.69) is 4.74 Å². The molecule has 0 spiro atoms. The topological polar surface area (TPSA) is 141 Å². The average Bonchev–Trinajstić information content (AvgIpc) is 2.44. The van der Waals surface area contributed by atoms with Crippen molar-refractivity contribution in [3.05, 3.63) is 35.9 Å². The van der Waals surface area contributed by atoms with Crippen molar-refractivity contribution < 1.29 is 39.5 Å². The van der Waals surface area contributed by atoms with Crippen LogP contribution in [0.5, 0.6) is 0 Å². The number of methoxy groups -OCH3 is 1. The van der Waals surface area contributed by atoms with Crippen LogP contribution >= 0.6 is 0 Å². The minimum atomic E-state index is -3.70. The second-order valence-electron chi connectivity index (χ2n) is 3.86. The molecular formula is C12H12O8. The first-order valence-electron chi connectivity index (χ1n) is 5.28. The van der Waals surface area contributed by atoms with E-state index in [4.69, 9.17) is 10.2 Å². The molecular weight excluding hydrogens is 272 g/mol. The lowest BCUT2D eigenvalue weighted by molar-refractivity contribution is -0.267. The van der Waals surface area contributed by atoms with Gasteiger partial charge in [0.15, 0.2) is 0 Å². The first kappa shape index (κ1) is 15.8. The Morgan fingerprint density at radius 3 is 1.85 bits per heavy atom. The van der Waals surface area contributed by atoms with Crippen molar-refractivity contribution in [1.29, 1.82) is 0 Å². The van der Waals surface area contributed by atoms with Gasteiger partial charge < -0.3 is 25.2 Å². The zero-order chi connectivity index (χ0) is 15.6. The molecule has 0 fully saturated rings. The summed E-state index contributed by atoms with van der Waals surface area (Å²) in [4.78, 5) is 34.2. The summed E-state index contributed by atoms with van der Waals surface area (Å²) in [6.45, 7) is 0. The van der Waals surface area contributed by atoms with Crippen molar-refractivity contribution in [1.82, 2.24) is 0 Å². The zero-order valence-electron chi connectivity index (χ0n) is 10.3. The monoisotopic (exact) mass is 284 g/mol. The first-order valence-corrected chi connectivity index (χ1v) is 5.28. The molecule has 0 aliphatic rings. The van der Waals surface area contributed by atoms with Crippen LogP contribution in [0.15, 0.2) is 30.3 Å². The maximum atomic E-state index is 12.1. The molecule has 0 bridgehead atoms. The molecule has 8 heteroatoms. The van der Waals surface area contributed by atoms with Gasteiger partial charge >= 0.3 is 17.7 Å². The van der Waals surface area contributed by atoms with Gasteiger partial charge in [0.1, 0.15) is 0 Å². The number of rotatable bonds is 6. The summed E-state index contributed by atoms with van der Waals surface area (Å²) in [7, 11) is 0.653. The largest absolute Gasteiger partial charge is 0.479 e. The predicted octanol–water partition coefficient (Wildman–Crippen LogP) is -0.895. The van der Waals surface area contributed by atoms with E-state index in [9.17, 15) is 24.6 Å². The second-order valence-corrected chi connectivity index (χ2v) is 3.86. The van der Waals surface area contributed by atoms with E-state index >= 15 is 0 Å². The summed E-state index contributed by atoms with van der Waals surface area (Å²) in [6.07, 6.45) is 0. The molecule has 1 rings (SSSR count). The van der Waals surface area contributed by atoms with Crippen molar-refractivity contribution >= 4 is 17.7 Å². The summed E-state index contributed by atoms with van der Waals surface area (Å²) < 4.78 is 4.17. The van der Waals surface area contributed by atoms with E-state index in [1.807, 2.05) is 0 Å². The third kappa shape index (κ3) is 2.16. The average molecular weight is 284 g/mol. The van der Waals surface area contributed by atoms with E-state index in [1.54, 1.807) is 0 Å². The minimum Gasteiger partial charge on any atom is -0.479 e. The number of aliphatic carboxylic acids is 2. The number of carbonyl (C=O) groups is 3. The molecule has 4 N–H and O–H groups in total. The van der Waals surface area contributed by atoms with E-state index in [-0.39, 0.29) is 5.56 Å². The molecule has 108 valence electrons. The fourth-order valence-electron chi connectivity index (χ4n) is 1.58. The van der Waals surface area contributed by atoms with Crippen LogP contribution in [0.2, 0.25) is 0 Å². The molecule has 0 saturated carbocycles. The third-order valence-corrected chi connectivity index (χ3v) is 2.75. The highest BCUT2D eigenvalue weighted by Gasteiger charge is 2.67. The maximum Gasteiger partial charge on any atom is 0.368 e. The van der Waals surface area contributed by atoms with E-state index in [0.29, 0.717) is 7.11 Å². The van der Waals surface area contributed by atoms with E-state index < -0.39 is 29.1 Å². The van der Waals surface area contributed by atoms with Crippen molar-refractivity contribution in [2.45, 2.75) is 11.4 Å². The third-order valence-electron chi connectivity index (χ3n) is 2.75. The van der Waals surface area contributed by atoms with Gasteiger partial charge in [0.2, 0.25) is 5.78 Å². The molecule has 1 aromatic rings. The first-order chi connectivity index (χ1) is 9.21. The molecule has 0 aromatic heterocycles. The molecule has 2 unspecified atom stereocenters. The highest BCUT2D eigenvalue weighted by Crippen LogP contribution is 2.28. The number of carbonyl (C=O) groups excluding carboxylic acids is 1. The highest BCUT2D eigenvalue weighted by atomic mass is 16.7. The normalized spacial score (nSPS) is 16.8. The fraction of sp³-hybridized carbons (Fsp3) is 0.250. The van der Waals surface area contributed by atoms with E-state index in [1.165, 1.54) is 18.2 Å². The molecule has 1 aromatic carbocycles. The van der Waals surface area contributed by atoms with Crippen LogP contribution in [0.1, 0.15) is 10.4 Å². The van der Waals surface area contributed by atoms with Gasteiger partial charge in [-0.05, 0) is 0 Å². The van der Waals surface area contributed by atoms with Crippen LogP contribution < -0.4 is 0 Å². The van der Waals surface area contributed by atoms with Gasteiger partial charge in [-0.25, -0.2) is 9.59 Å². The van der Waals surface area contributed by atoms with Crippen molar-refractivity contribution in [2.75, 3.05) is 7.11 Å². The predicted molar refractivity (Wildman–Crippen MR) is 63.0 cm³/mol. The molecule has 20 heavy (non-hydrogen) atoms. The van der Waals surface area contributed by atoms with Crippen molar-refractivity contribution in [3.8, 4) is 0 Å². The fourth-order valence-corrected chi connectivity index (χ4v) is 1.58. The van der Waals surface area contributed by atoms with Gasteiger partial charge in [-0.2, -0.15) is 0 Å². The smallest absolute Gasteiger partial charge is 0.368 e. The number of hydrogen-bond donors (Lipinski definition) is 4. The van der Waals surface area contributed by atoms with Crippen LogP contribution in [0.3, 0.4) is 0 Å². The second kappa shape index (κ2) is 5.37. The number of Topliss-reactive ketones (excluding diaryl/α,β-unsaturated/α-hetero) is 1. The van der Waals surface area contributed by atoms with Gasteiger partial charge in [-0.15, -0.1) is 0 Å². The lowest BCUT2D eigenvalue weighted by atomic mass is 9.84. The van der Waals surface area contributed by atoms with E-state index in [0.717, 1.165) is 12.1 Å². The van der Waals surface area contributed by atoms with Crippen LogP contribution in [-0.4, -0.2) is 56.6 Å². The Morgan fingerprint density at radius 2 is 1.50 bits per heavy atom. The Kier molecular flexibility index (Phi) is 4.23. The maximum absolute atomic E-state index is 12.1. The number of hydrogen-bond acceptors (Lipinski definition) is 6.